The number of carbonyl (C=O) groups is 1. The van der Waals surface area contributed by atoms with E-state index in [-0.39, 0.29) is 0 Å². The monoisotopic (exact) mass is 376 g/mol. The zero-order valence-electron chi connectivity index (χ0n) is 15.6. The molecule has 2 heterocycles. The molecule has 6 nitrogen and oxygen atoms in total. The van der Waals surface area contributed by atoms with Crippen molar-refractivity contribution >= 4 is 28.6 Å². The third-order valence-electron chi connectivity index (χ3n) is 5.20. The van der Waals surface area contributed by atoms with Gasteiger partial charge in [0.25, 0.3) is 5.91 Å². The molecular formula is C22H24N4O2. The molecule has 1 amide bonds. The summed E-state index contributed by atoms with van der Waals surface area (Å²) in [6.45, 7) is 4.79. The van der Waals surface area contributed by atoms with Crippen molar-refractivity contribution in [3.05, 3.63) is 71.9 Å². The van der Waals surface area contributed by atoms with Crippen molar-refractivity contribution in [2.75, 3.05) is 31.1 Å². The quantitative estimate of drug-likeness (QED) is 0.364. The average molecular weight is 376 g/mol. The smallest absolute Gasteiger partial charge is 0.267 e. The number of rotatable bonds is 5. The number of H-pyrrole nitrogens is 1. The van der Waals surface area contributed by atoms with E-state index in [0.29, 0.717) is 0 Å². The summed E-state index contributed by atoms with van der Waals surface area (Å²) < 4.78 is 0. The van der Waals surface area contributed by atoms with E-state index in [1.54, 1.807) is 11.6 Å². The number of nitrogens with one attached hydrogen (secondary N) is 2. The number of aromatic nitrogens is 1. The fraction of sp³-hybridized carbons (Fsp3) is 0.227. The molecule has 2 aromatic carbocycles. The Morgan fingerprint density at radius 3 is 2.75 bits per heavy atom. The molecule has 1 aromatic heterocycles. The van der Waals surface area contributed by atoms with Crippen LogP contribution in [0, 0.1) is 0 Å². The summed E-state index contributed by atoms with van der Waals surface area (Å²) in [6, 6.07) is 16.7. The SMILES string of the molecule is O=C(/C=C/c1ccccc1N1CCN(Cc2ccc3[nH]ccc3c2)CC1)NO. The Morgan fingerprint density at radius 1 is 1.11 bits per heavy atom. The van der Waals surface area contributed by atoms with Crippen molar-refractivity contribution in [2.24, 2.45) is 0 Å². The van der Waals surface area contributed by atoms with E-state index >= 15 is 0 Å². The first-order valence-corrected chi connectivity index (χ1v) is 9.47. The van der Waals surface area contributed by atoms with Crippen LogP contribution in [0.2, 0.25) is 0 Å². The lowest BCUT2D eigenvalue weighted by atomic mass is 10.1. The Kier molecular flexibility index (Phi) is 5.41. The predicted molar refractivity (Wildman–Crippen MR) is 111 cm³/mol. The summed E-state index contributed by atoms with van der Waals surface area (Å²) in [5, 5.41) is 9.91. The van der Waals surface area contributed by atoms with Gasteiger partial charge < -0.3 is 9.88 Å². The highest BCUT2D eigenvalue weighted by Crippen LogP contribution is 2.24. The van der Waals surface area contributed by atoms with Crippen LogP contribution in [0.4, 0.5) is 5.69 Å². The lowest BCUT2D eigenvalue weighted by molar-refractivity contribution is -0.124. The molecule has 3 N–H and O–H groups in total. The first kappa shape index (κ1) is 18.3. The van der Waals surface area contributed by atoms with Crippen LogP contribution in [0.3, 0.4) is 0 Å². The van der Waals surface area contributed by atoms with Crippen LogP contribution in [0.15, 0.2) is 60.8 Å². The number of benzene rings is 2. The molecule has 1 aliphatic heterocycles. The van der Waals surface area contributed by atoms with E-state index in [4.69, 9.17) is 5.21 Å². The summed E-state index contributed by atoms with van der Waals surface area (Å²) in [5.74, 6) is -0.529. The lowest BCUT2D eigenvalue weighted by Gasteiger charge is -2.36. The predicted octanol–water partition coefficient (Wildman–Crippen LogP) is 3.01. The molecule has 0 bridgehead atoms. The molecule has 3 aromatic rings. The van der Waals surface area contributed by atoms with Crippen molar-refractivity contribution in [1.29, 1.82) is 0 Å². The molecule has 0 atom stereocenters. The minimum absolute atomic E-state index is 0.529. The third kappa shape index (κ3) is 4.08. The van der Waals surface area contributed by atoms with Crippen LogP contribution in [-0.4, -0.2) is 47.2 Å². The van der Waals surface area contributed by atoms with Gasteiger partial charge in [-0.15, -0.1) is 0 Å². The third-order valence-corrected chi connectivity index (χ3v) is 5.20. The minimum atomic E-state index is -0.529. The van der Waals surface area contributed by atoms with Crippen molar-refractivity contribution < 1.29 is 10.0 Å². The Balaban J connectivity index is 1.40. The molecule has 0 aliphatic carbocycles. The maximum atomic E-state index is 11.3. The number of nitrogens with zero attached hydrogens (tertiary/aromatic N) is 2. The first-order valence-electron chi connectivity index (χ1n) is 9.47. The first-order chi connectivity index (χ1) is 13.7. The molecule has 1 fully saturated rings. The molecule has 0 spiro atoms. The van der Waals surface area contributed by atoms with Gasteiger partial charge >= 0.3 is 0 Å². The maximum Gasteiger partial charge on any atom is 0.267 e. The Labute approximate surface area is 164 Å². The number of hydrogen-bond donors (Lipinski definition) is 3. The Morgan fingerprint density at radius 2 is 1.93 bits per heavy atom. The van der Waals surface area contributed by atoms with Gasteiger partial charge in [0.05, 0.1) is 0 Å². The second-order valence-electron chi connectivity index (χ2n) is 7.03. The molecule has 28 heavy (non-hydrogen) atoms. The van der Waals surface area contributed by atoms with E-state index < -0.39 is 5.91 Å². The van der Waals surface area contributed by atoms with E-state index in [0.717, 1.165) is 44.0 Å². The van der Waals surface area contributed by atoms with E-state index in [9.17, 15) is 4.79 Å². The van der Waals surface area contributed by atoms with Crippen molar-refractivity contribution in [3.8, 4) is 0 Å². The second-order valence-corrected chi connectivity index (χ2v) is 7.03. The number of hydroxylamine groups is 1. The van der Waals surface area contributed by atoms with Gasteiger partial charge in [0.1, 0.15) is 0 Å². The van der Waals surface area contributed by atoms with Gasteiger partial charge in [0.2, 0.25) is 0 Å². The van der Waals surface area contributed by atoms with Crippen LogP contribution in [0.5, 0.6) is 0 Å². The highest BCUT2D eigenvalue weighted by molar-refractivity contribution is 5.91. The minimum Gasteiger partial charge on any atom is -0.368 e. The van der Waals surface area contributed by atoms with Gasteiger partial charge in [0.15, 0.2) is 0 Å². The van der Waals surface area contributed by atoms with Gasteiger partial charge in [0, 0.05) is 56.2 Å². The molecule has 0 saturated carbocycles. The van der Waals surface area contributed by atoms with Gasteiger partial charge in [-0.2, -0.15) is 0 Å². The molecule has 1 saturated heterocycles. The number of fused-ring (bicyclic) bond motifs is 1. The van der Waals surface area contributed by atoms with Crippen LogP contribution in [-0.2, 0) is 11.3 Å². The molecular weight excluding hydrogens is 352 g/mol. The molecule has 0 radical (unpaired) electrons. The normalized spacial score (nSPS) is 15.4. The van der Waals surface area contributed by atoms with Crippen LogP contribution >= 0.6 is 0 Å². The van der Waals surface area contributed by atoms with Gasteiger partial charge in [-0.05, 0) is 46.9 Å². The van der Waals surface area contributed by atoms with Gasteiger partial charge in [-0.25, -0.2) is 5.48 Å². The fourth-order valence-electron chi connectivity index (χ4n) is 3.73. The number of hydrogen-bond acceptors (Lipinski definition) is 4. The summed E-state index contributed by atoms with van der Waals surface area (Å²) in [6.07, 6.45) is 5.05. The standard InChI is InChI=1S/C22H24N4O2/c27-22(24-28)8-6-18-3-1-2-4-21(18)26-13-11-25(12-14-26)16-17-5-7-20-19(15-17)9-10-23-20/h1-10,15,23,28H,11-14,16H2,(H,24,27)/b8-6+. The number of anilines is 1. The topological polar surface area (TPSA) is 71.6 Å². The number of piperazine rings is 1. The number of para-hydroxylation sites is 1. The zero-order chi connectivity index (χ0) is 19.3. The van der Waals surface area contributed by atoms with E-state index in [1.807, 2.05) is 24.4 Å². The average Bonchev–Trinajstić information content (AvgIpc) is 3.21. The van der Waals surface area contributed by atoms with Crippen molar-refractivity contribution in [3.63, 3.8) is 0 Å². The Bertz CT molecular complexity index is 987. The van der Waals surface area contributed by atoms with E-state index in [2.05, 4.69) is 45.1 Å². The number of carbonyl (C=O) groups excluding carboxylic acids is 1. The summed E-state index contributed by atoms with van der Waals surface area (Å²) in [5.41, 5.74) is 6.21. The lowest BCUT2D eigenvalue weighted by Crippen LogP contribution is -2.46. The largest absolute Gasteiger partial charge is 0.368 e. The fourth-order valence-corrected chi connectivity index (χ4v) is 3.73. The molecule has 1 aliphatic rings. The highest BCUT2D eigenvalue weighted by atomic mass is 16.5. The van der Waals surface area contributed by atoms with Crippen LogP contribution < -0.4 is 10.4 Å². The maximum absolute atomic E-state index is 11.3. The van der Waals surface area contributed by atoms with Crippen LogP contribution in [0.1, 0.15) is 11.1 Å². The zero-order valence-corrected chi connectivity index (χ0v) is 15.6. The second kappa shape index (κ2) is 8.29. The van der Waals surface area contributed by atoms with Gasteiger partial charge in [-0.3, -0.25) is 14.9 Å². The molecule has 4 rings (SSSR count). The molecule has 0 unspecified atom stereocenters. The number of amides is 1. The van der Waals surface area contributed by atoms with Gasteiger partial charge in [-0.1, -0.05) is 24.3 Å². The number of aromatic amines is 1. The molecule has 144 valence electrons. The summed E-state index contributed by atoms with van der Waals surface area (Å²) in [7, 11) is 0. The van der Waals surface area contributed by atoms with Crippen molar-refractivity contribution in [1.82, 2.24) is 15.4 Å². The Hall–Kier alpha value is -3.09. The highest BCUT2D eigenvalue weighted by Gasteiger charge is 2.18. The summed E-state index contributed by atoms with van der Waals surface area (Å²) in [4.78, 5) is 19.3. The van der Waals surface area contributed by atoms with Crippen LogP contribution in [0.25, 0.3) is 17.0 Å². The molecule has 6 heteroatoms. The van der Waals surface area contributed by atoms with Crippen molar-refractivity contribution in [2.45, 2.75) is 6.54 Å². The summed E-state index contributed by atoms with van der Waals surface area (Å²) >= 11 is 0. The van der Waals surface area contributed by atoms with E-state index in [1.165, 1.54) is 22.5 Å².